The van der Waals surface area contributed by atoms with E-state index in [2.05, 4.69) is 5.32 Å². The van der Waals surface area contributed by atoms with Gasteiger partial charge in [-0.25, -0.2) is 4.39 Å². The molecule has 1 heterocycles. The minimum Gasteiger partial charge on any atom is -0.395 e. The Morgan fingerprint density at radius 3 is 2.61 bits per heavy atom. The van der Waals surface area contributed by atoms with Crippen molar-refractivity contribution in [2.24, 2.45) is 0 Å². The zero-order valence-electron chi connectivity index (χ0n) is 12.7. The van der Waals surface area contributed by atoms with Gasteiger partial charge in [0.05, 0.1) is 18.8 Å². The molecular formula is C15H17FN2O5. The fourth-order valence-electron chi connectivity index (χ4n) is 2.21. The Kier molecular flexibility index (Phi) is 5.43. The van der Waals surface area contributed by atoms with Crippen LogP contribution in [0.2, 0.25) is 0 Å². The molecule has 2 rings (SSSR count). The predicted octanol–water partition coefficient (Wildman–Crippen LogP) is 0.774. The number of rotatable bonds is 7. The quantitative estimate of drug-likeness (QED) is 0.569. The van der Waals surface area contributed by atoms with Gasteiger partial charge in [-0.15, -0.1) is 0 Å². The van der Waals surface area contributed by atoms with Crippen LogP contribution in [0.5, 0.6) is 0 Å². The third-order valence-corrected chi connectivity index (χ3v) is 3.29. The molecule has 0 bridgehead atoms. The second kappa shape index (κ2) is 7.32. The van der Waals surface area contributed by atoms with Crippen LogP contribution in [0, 0.1) is 5.82 Å². The molecule has 2 amide bonds. The smallest absolute Gasteiger partial charge is 0.277 e. The first-order chi connectivity index (χ1) is 11.0. The van der Waals surface area contributed by atoms with E-state index in [1.165, 1.54) is 32.4 Å². The first kappa shape index (κ1) is 17.1. The van der Waals surface area contributed by atoms with E-state index in [1.807, 2.05) is 0 Å². The Morgan fingerprint density at radius 1 is 1.30 bits per heavy atom. The van der Waals surface area contributed by atoms with Gasteiger partial charge in [0.15, 0.2) is 6.29 Å². The zero-order chi connectivity index (χ0) is 17.0. The van der Waals surface area contributed by atoms with E-state index in [4.69, 9.17) is 14.6 Å². The van der Waals surface area contributed by atoms with Gasteiger partial charge in [0.1, 0.15) is 11.5 Å². The van der Waals surface area contributed by atoms with Crippen LogP contribution in [0.1, 0.15) is 11.9 Å². The second-order valence-corrected chi connectivity index (χ2v) is 4.74. The summed E-state index contributed by atoms with van der Waals surface area (Å²) < 4.78 is 24.1. The standard InChI is InChI=1S/C15H17FN2O5/c1-22-15(23-2)9-3-4-10(16)11(7-9)17-12-8-13(20)18(5-6-19)14(12)21/h3-4,7-8,15,17,19H,5-6H2,1-2H3. The largest absolute Gasteiger partial charge is 0.395 e. The van der Waals surface area contributed by atoms with E-state index in [-0.39, 0.29) is 24.5 Å². The summed E-state index contributed by atoms with van der Waals surface area (Å²) in [6, 6.07) is 4.13. The first-order valence-electron chi connectivity index (χ1n) is 6.82. The lowest BCUT2D eigenvalue weighted by atomic mass is 10.1. The average molecular weight is 324 g/mol. The molecule has 0 aliphatic carbocycles. The molecule has 1 aliphatic heterocycles. The summed E-state index contributed by atoms with van der Waals surface area (Å²) in [5.41, 5.74) is 0.495. The molecule has 0 unspecified atom stereocenters. The number of methoxy groups -OCH3 is 2. The van der Waals surface area contributed by atoms with E-state index in [0.717, 1.165) is 11.0 Å². The van der Waals surface area contributed by atoms with Gasteiger partial charge in [0, 0.05) is 25.9 Å². The lowest BCUT2D eigenvalue weighted by Gasteiger charge is -2.16. The number of aliphatic hydroxyl groups excluding tert-OH is 1. The summed E-state index contributed by atoms with van der Waals surface area (Å²) in [5.74, 6) is -1.78. The summed E-state index contributed by atoms with van der Waals surface area (Å²) in [6.07, 6.45) is 0.380. The van der Waals surface area contributed by atoms with Crippen LogP contribution in [-0.4, -0.2) is 49.2 Å². The summed E-state index contributed by atoms with van der Waals surface area (Å²) >= 11 is 0. The van der Waals surface area contributed by atoms with Crippen molar-refractivity contribution < 1.29 is 28.6 Å². The number of aliphatic hydroxyl groups is 1. The van der Waals surface area contributed by atoms with Crippen LogP contribution in [0.4, 0.5) is 10.1 Å². The summed E-state index contributed by atoms with van der Waals surface area (Å²) in [4.78, 5) is 24.6. The number of halogens is 1. The highest BCUT2D eigenvalue weighted by molar-refractivity contribution is 6.17. The first-order valence-corrected chi connectivity index (χ1v) is 6.82. The number of β-amino-alcohol motifs (C(OH)–C–C–N with tert-alkyl or cyclic N) is 1. The Balaban J connectivity index is 2.23. The molecular weight excluding hydrogens is 307 g/mol. The molecule has 0 radical (unpaired) electrons. The monoisotopic (exact) mass is 324 g/mol. The molecule has 0 aromatic heterocycles. The Bertz CT molecular complexity index is 643. The number of benzene rings is 1. The van der Waals surface area contributed by atoms with Gasteiger partial charge in [-0.2, -0.15) is 0 Å². The van der Waals surface area contributed by atoms with Crippen molar-refractivity contribution in [3.05, 3.63) is 41.4 Å². The molecule has 124 valence electrons. The van der Waals surface area contributed by atoms with Crippen molar-refractivity contribution in [1.82, 2.24) is 4.90 Å². The van der Waals surface area contributed by atoms with Crippen LogP contribution >= 0.6 is 0 Å². The number of nitrogens with one attached hydrogen (secondary N) is 1. The fourth-order valence-corrected chi connectivity index (χ4v) is 2.21. The molecule has 1 aliphatic rings. The number of nitrogens with zero attached hydrogens (tertiary/aromatic N) is 1. The molecule has 0 atom stereocenters. The molecule has 0 saturated carbocycles. The summed E-state index contributed by atoms with van der Waals surface area (Å²) in [5, 5.41) is 11.5. The van der Waals surface area contributed by atoms with Crippen molar-refractivity contribution in [1.29, 1.82) is 0 Å². The normalized spacial score (nSPS) is 14.7. The molecule has 1 aromatic carbocycles. The summed E-state index contributed by atoms with van der Waals surface area (Å²) in [7, 11) is 2.89. The zero-order valence-corrected chi connectivity index (χ0v) is 12.7. The number of carbonyl (C=O) groups excluding carboxylic acids is 2. The van der Waals surface area contributed by atoms with E-state index >= 15 is 0 Å². The van der Waals surface area contributed by atoms with E-state index in [0.29, 0.717) is 5.56 Å². The van der Waals surface area contributed by atoms with E-state index in [1.54, 1.807) is 0 Å². The third-order valence-electron chi connectivity index (χ3n) is 3.29. The second-order valence-electron chi connectivity index (χ2n) is 4.74. The number of anilines is 1. The van der Waals surface area contributed by atoms with Gasteiger partial charge in [0.25, 0.3) is 11.8 Å². The van der Waals surface area contributed by atoms with Gasteiger partial charge in [-0.1, -0.05) is 6.07 Å². The molecule has 1 aromatic rings. The highest BCUT2D eigenvalue weighted by Crippen LogP contribution is 2.25. The number of carbonyl (C=O) groups is 2. The number of ether oxygens (including phenoxy) is 2. The van der Waals surface area contributed by atoms with Gasteiger partial charge in [0.2, 0.25) is 0 Å². The third kappa shape index (κ3) is 3.55. The number of imide groups is 1. The molecule has 0 fully saturated rings. The van der Waals surface area contributed by atoms with Crippen molar-refractivity contribution in [2.45, 2.75) is 6.29 Å². The maximum absolute atomic E-state index is 13.9. The fraction of sp³-hybridized carbons (Fsp3) is 0.333. The molecule has 0 spiro atoms. The van der Waals surface area contributed by atoms with Crippen molar-refractivity contribution in [2.75, 3.05) is 32.7 Å². The van der Waals surface area contributed by atoms with Gasteiger partial charge < -0.3 is 19.9 Å². The minimum absolute atomic E-state index is 0.0137. The number of hydrogen-bond donors (Lipinski definition) is 2. The average Bonchev–Trinajstić information content (AvgIpc) is 2.79. The summed E-state index contributed by atoms with van der Waals surface area (Å²) in [6.45, 7) is -0.455. The van der Waals surface area contributed by atoms with Crippen LogP contribution in [0.15, 0.2) is 30.0 Å². The number of amides is 2. The minimum atomic E-state index is -0.683. The highest BCUT2D eigenvalue weighted by Gasteiger charge is 2.31. The SMILES string of the molecule is COC(OC)c1ccc(F)c(NC2=CC(=O)N(CCO)C2=O)c1. The molecule has 0 saturated heterocycles. The Hall–Kier alpha value is -2.29. The van der Waals surface area contributed by atoms with Crippen LogP contribution in [0.3, 0.4) is 0 Å². The molecule has 7 nitrogen and oxygen atoms in total. The van der Waals surface area contributed by atoms with Crippen LogP contribution < -0.4 is 5.32 Å². The van der Waals surface area contributed by atoms with Gasteiger partial charge >= 0.3 is 0 Å². The van der Waals surface area contributed by atoms with Crippen molar-refractivity contribution >= 4 is 17.5 Å². The topological polar surface area (TPSA) is 88.1 Å². The van der Waals surface area contributed by atoms with Gasteiger partial charge in [-0.05, 0) is 12.1 Å². The van der Waals surface area contributed by atoms with Crippen molar-refractivity contribution in [3.8, 4) is 0 Å². The number of hydrogen-bond acceptors (Lipinski definition) is 6. The van der Waals surface area contributed by atoms with Crippen LogP contribution in [0.25, 0.3) is 0 Å². The predicted molar refractivity (Wildman–Crippen MR) is 78.7 cm³/mol. The van der Waals surface area contributed by atoms with Crippen LogP contribution in [-0.2, 0) is 19.1 Å². The van der Waals surface area contributed by atoms with E-state index < -0.39 is 23.9 Å². The highest BCUT2D eigenvalue weighted by atomic mass is 19.1. The van der Waals surface area contributed by atoms with Gasteiger partial charge in [-0.3, -0.25) is 14.5 Å². The molecule has 2 N–H and O–H groups in total. The molecule has 8 heteroatoms. The maximum Gasteiger partial charge on any atom is 0.277 e. The molecule has 23 heavy (non-hydrogen) atoms. The lowest BCUT2D eigenvalue weighted by Crippen LogP contribution is -2.34. The lowest BCUT2D eigenvalue weighted by molar-refractivity contribution is -0.137. The van der Waals surface area contributed by atoms with E-state index in [9.17, 15) is 14.0 Å². The Morgan fingerprint density at radius 2 is 2.00 bits per heavy atom. The maximum atomic E-state index is 13.9. The Labute approximate surface area is 132 Å². The van der Waals surface area contributed by atoms with Crippen molar-refractivity contribution in [3.63, 3.8) is 0 Å².